The Kier molecular flexibility index (Phi) is 8.22. The van der Waals surface area contributed by atoms with Gasteiger partial charge in [-0.15, -0.1) is 0 Å². The number of hydrazine groups is 1. The highest BCUT2D eigenvalue weighted by atomic mass is 16.5. The van der Waals surface area contributed by atoms with Crippen molar-refractivity contribution in [2.75, 3.05) is 13.1 Å². The summed E-state index contributed by atoms with van der Waals surface area (Å²) in [4.78, 5) is 35.6. The van der Waals surface area contributed by atoms with E-state index in [0.29, 0.717) is 18.0 Å². The first-order chi connectivity index (χ1) is 13.1. The van der Waals surface area contributed by atoms with Gasteiger partial charge in [-0.1, -0.05) is 50.5 Å². The maximum absolute atomic E-state index is 12.5. The Bertz CT molecular complexity index is 652. The third kappa shape index (κ3) is 6.04. The third-order valence-electron chi connectivity index (χ3n) is 4.74. The van der Waals surface area contributed by atoms with Crippen LogP contribution in [-0.2, 0) is 20.8 Å². The number of benzene rings is 1. The maximum Gasteiger partial charge on any atom is 0.260 e. The van der Waals surface area contributed by atoms with Gasteiger partial charge in [0, 0.05) is 6.54 Å². The minimum Gasteiger partial charge on any atom is -0.302 e. The molecule has 1 aromatic rings. The summed E-state index contributed by atoms with van der Waals surface area (Å²) in [5, 5.41) is 13.0. The summed E-state index contributed by atoms with van der Waals surface area (Å²) >= 11 is 0. The number of carbonyl (C=O) groups is 3. The molecular formula is C19H28N4O4. The molecule has 0 aliphatic carbocycles. The fourth-order valence-electron chi connectivity index (χ4n) is 3.25. The molecular weight excluding hydrogens is 348 g/mol. The molecule has 1 heterocycles. The van der Waals surface area contributed by atoms with Crippen molar-refractivity contribution in [3.63, 3.8) is 0 Å². The molecule has 8 nitrogen and oxygen atoms in total. The molecule has 1 aromatic carbocycles. The fraction of sp³-hybridized carbons (Fsp3) is 0.526. The Morgan fingerprint density at radius 2 is 2.11 bits per heavy atom. The minimum absolute atomic E-state index is 0.112. The Balaban J connectivity index is 1.93. The van der Waals surface area contributed by atoms with Crippen LogP contribution in [0.5, 0.6) is 0 Å². The molecule has 1 aliphatic heterocycles. The van der Waals surface area contributed by atoms with Crippen molar-refractivity contribution >= 4 is 18.2 Å². The molecule has 0 bridgehead atoms. The largest absolute Gasteiger partial charge is 0.302 e. The Morgan fingerprint density at radius 3 is 2.85 bits per heavy atom. The lowest BCUT2D eigenvalue weighted by molar-refractivity contribution is -0.155. The van der Waals surface area contributed by atoms with Crippen LogP contribution in [0.2, 0.25) is 0 Å². The second kappa shape index (κ2) is 10.6. The number of hydrogen-bond acceptors (Lipinski definition) is 5. The van der Waals surface area contributed by atoms with Gasteiger partial charge < -0.3 is 5.32 Å². The van der Waals surface area contributed by atoms with Gasteiger partial charge in [0.1, 0.15) is 6.04 Å². The summed E-state index contributed by atoms with van der Waals surface area (Å²) in [5.41, 5.74) is 6.91. The number of hydrogen-bond donors (Lipinski definition) is 4. The standard InChI is InChI=1S/C19H28N4O4/c1-2-3-4-8-15(12-23(27)13-24)18(25)21-22-19(26)17-16-9-6-5-7-14(16)10-11-20-17/h5-7,9,13,15,17,20,27H,2-4,8,10-12H2,1H3,(H,21,25)(H,22,26)/t15-,17?/m1/s1. The van der Waals surface area contributed by atoms with E-state index >= 15 is 0 Å². The average Bonchev–Trinajstić information content (AvgIpc) is 2.70. The average molecular weight is 376 g/mol. The van der Waals surface area contributed by atoms with Gasteiger partial charge in [0.05, 0.1) is 12.5 Å². The third-order valence-corrected chi connectivity index (χ3v) is 4.74. The number of nitrogens with one attached hydrogen (secondary N) is 3. The molecule has 2 rings (SSSR count). The first-order valence-corrected chi connectivity index (χ1v) is 9.38. The van der Waals surface area contributed by atoms with Crippen LogP contribution < -0.4 is 16.2 Å². The molecule has 0 fully saturated rings. The number of hydroxylamine groups is 2. The number of rotatable bonds is 9. The highest BCUT2D eigenvalue weighted by Gasteiger charge is 2.27. The molecule has 0 saturated heterocycles. The van der Waals surface area contributed by atoms with Crippen LogP contribution in [0.1, 0.15) is 49.8 Å². The van der Waals surface area contributed by atoms with E-state index in [1.807, 2.05) is 31.2 Å². The maximum atomic E-state index is 12.5. The van der Waals surface area contributed by atoms with Gasteiger partial charge in [-0.3, -0.25) is 30.4 Å². The second-order valence-corrected chi connectivity index (χ2v) is 6.73. The quantitative estimate of drug-likeness (QED) is 0.223. The summed E-state index contributed by atoms with van der Waals surface area (Å²) in [6.07, 6.45) is 4.38. The molecule has 1 aliphatic rings. The van der Waals surface area contributed by atoms with Crippen molar-refractivity contribution in [3.8, 4) is 0 Å². The first kappa shape index (κ1) is 20.9. The van der Waals surface area contributed by atoms with E-state index in [1.54, 1.807) is 0 Å². The lowest BCUT2D eigenvalue weighted by Gasteiger charge is -2.26. The van der Waals surface area contributed by atoms with Gasteiger partial charge in [-0.2, -0.15) is 0 Å². The number of carbonyl (C=O) groups excluding carboxylic acids is 3. The molecule has 27 heavy (non-hydrogen) atoms. The zero-order valence-corrected chi connectivity index (χ0v) is 15.6. The van der Waals surface area contributed by atoms with Crippen LogP contribution in [0.3, 0.4) is 0 Å². The van der Waals surface area contributed by atoms with Crippen molar-refractivity contribution < 1.29 is 19.6 Å². The van der Waals surface area contributed by atoms with E-state index in [9.17, 15) is 19.6 Å². The highest BCUT2D eigenvalue weighted by molar-refractivity contribution is 5.87. The molecule has 1 unspecified atom stereocenters. The van der Waals surface area contributed by atoms with Gasteiger partial charge in [-0.05, 0) is 24.0 Å². The molecule has 0 saturated carbocycles. The van der Waals surface area contributed by atoms with Crippen LogP contribution in [0.15, 0.2) is 24.3 Å². The summed E-state index contributed by atoms with van der Waals surface area (Å²) in [5.74, 6) is -1.37. The highest BCUT2D eigenvalue weighted by Crippen LogP contribution is 2.22. The molecule has 2 atom stereocenters. The number of unbranched alkanes of at least 4 members (excludes halogenated alkanes) is 2. The molecule has 0 spiro atoms. The smallest absolute Gasteiger partial charge is 0.260 e. The van der Waals surface area contributed by atoms with Crippen LogP contribution in [0.4, 0.5) is 0 Å². The van der Waals surface area contributed by atoms with Crippen molar-refractivity contribution in [3.05, 3.63) is 35.4 Å². The van der Waals surface area contributed by atoms with E-state index in [2.05, 4.69) is 16.2 Å². The molecule has 4 N–H and O–H groups in total. The summed E-state index contributed by atoms with van der Waals surface area (Å²) in [6.45, 7) is 2.62. The van der Waals surface area contributed by atoms with E-state index < -0.39 is 17.9 Å². The molecule has 148 valence electrons. The van der Waals surface area contributed by atoms with Crippen LogP contribution in [0.25, 0.3) is 0 Å². The number of nitrogens with zero attached hydrogens (tertiary/aromatic N) is 1. The first-order valence-electron chi connectivity index (χ1n) is 9.38. The Hall–Kier alpha value is -2.45. The van der Waals surface area contributed by atoms with Gasteiger partial charge in [0.15, 0.2) is 0 Å². The molecule has 3 amide bonds. The zero-order valence-electron chi connectivity index (χ0n) is 15.6. The summed E-state index contributed by atoms with van der Waals surface area (Å²) < 4.78 is 0. The normalized spacial score (nSPS) is 16.7. The molecule has 0 radical (unpaired) electrons. The van der Waals surface area contributed by atoms with Crippen molar-refractivity contribution in [1.82, 2.24) is 21.2 Å². The van der Waals surface area contributed by atoms with E-state index in [1.165, 1.54) is 0 Å². The van der Waals surface area contributed by atoms with E-state index in [0.717, 1.165) is 36.8 Å². The summed E-state index contributed by atoms with van der Waals surface area (Å²) in [7, 11) is 0. The molecule has 8 heteroatoms. The van der Waals surface area contributed by atoms with Gasteiger partial charge in [-0.25, -0.2) is 5.06 Å². The van der Waals surface area contributed by atoms with Crippen LogP contribution >= 0.6 is 0 Å². The van der Waals surface area contributed by atoms with Crippen molar-refractivity contribution in [2.24, 2.45) is 5.92 Å². The molecule has 0 aromatic heterocycles. The predicted molar refractivity (Wildman–Crippen MR) is 99.4 cm³/mol. The monoisotopic (exact) mass is 376 g/mol. The predicted octanol–water partition coefficient (Wildman–Crippen LogP) is 1.06. The number of amides is 3. The summed E-state index contributed by atoms with van der Waals surface area (Å²) in [6, 6.07) is 7.18. The SMILES string of the molecule is CCCCC[C@H](CN(O)C=O)C(=O)NNC(=O)C1NCCc2ccccc21. The van der Waals surface area contributed by atoms with Crippen molar-refractivity contribution in [2.45, 2.75) is 45.1 Å². The van der Waals surface area contributed by atoms with Crippen LogP contribution in [-0.4, -0.2) is 41.6 Å². The lowest BCUT2D eigenvalue weighted by atomic mass is 9.94. The van der Waals surface area contributed by atoms with Gasteiger partial charge in [0.2, 0.25) is 12.3 Å². The zero-order chi connectivity index (χ0) is 19.6. The minimum atomic E-state index is -0.598. The van der Waals surface area contributed by atoms with E-state index in [4.69, 9.17) is 0 Å². The lowest BCUT2D eigenvalue weighted by Crippen LogP contribution is -2.51. The topological polar surface area (TPSA) is 111 Å². The number of fused-ring (bicyclic) bond motifs is 1. The van der Waals surface area contributed by atoms with E-state index in [-0.39, 0.29) is 18.9 Å². The van der Waals surface area contributed by atoms with Crippen LogP contribution in [0, 0.1) is 5.92 Å². The Labute approximate surface area is 159 Å². The van der Waals surface area contributed by atoms with Gasteiger partial charge in [0.25, 0.3) is 5.91 Å². The van der Waals surface area contributed by atoms with Gasteiger partial charge >= 0.3 is 0 Å². The fourth-order valence-corrected chi connectivity index (χ4v) is 3.25. The Morgan fingerprint density at radius 1 is 1.33 bits per heavy atom. The van der Waals surface area contributed by atoms with Crippen molar-refractivity contribution in [1.29, 1.82) is 0 Å². The second-order valence-electron chi connectivity index (χ2n) is 6.73.